The van der Waals surface area contributed by atoms with Gasteiger partial charge in [-0.2, -0.15) is 11.8 Å². The first-order valence-corrected chi connectivity index (χ1v) is 8.48. The third-order valence-electron chi connectivity index (χ3n) is 3.34. The molecule has 0 aliphatic heterocycles. The highest BCUT2D eigenvalue weighted by atomic mass is 35.5. The molecule has 108 valence electrons. The van der Waals surface area contributed by atoms with Crippen molar-refractivity contribution in [3.63, 3.8) is 0 Å². The first-order chi connectivity index (χ1) is 8.95. The van der Waals surface area contributed by atoms with Gasteiger partial charge in [0.2, 0.25) is 5.28 Å². The van der Waals surface area contributed by atoms with Crippen molar-refractivity contribution in [2.45, 2.75) is 32.7 Å². The van der Waals surface area contributed by atoms with Crippen molar-refractivity contribution in [1.82, 2.24) is 14.9 Å². The quantitative estimate of drug-likeness (QED) is 0.565. The van der Waals surface area contributed by atoms with Crippen LogP contribution in [0.25, 0.3) is 0 Å². The summed E-state index contributed by atoms with van der Waals surface area (Å²) in [5, 5.41) is 0.690. The molecular formula is C13H21Cl2N3S. The van der Waals surface area contributed by atoms with E-state index in [1.165, 1.54) is 12.2 Å². The summed E-state index contributed by atoms with van der Waals surface area (Å²) in [6.07, 6.45) is 4.18. The lowest BCUT2D eigenvalue weighted by Gasteiger charge is -2.24. The number of nitrogens with zero attached hydrogens (tertiary/aromatic N) is 3. The number of thioether (sulfide) groups is 1. The largest absolute Gasteiger partial charge is 0.303 e. The predicted octanol–water partition coefficient (Wildman–Crippen LogP) is 3.71. The molecule has 6 heteroatoms. The van der Waals surface area contributed by atoms with Crippen molar-refractivity contribution in [1.29, 1.82) is 0 Å². The van der Waals surface area contributed by atoms with Crippen molar-refractivity contribution in [3.05, 3.63) is 21.7 Å². The predicted molar refractivity (Wildman–Crippen MR) is 85.6 cm³/mol. The lowest BCUT2D eigenvalue weighted by atomic mass is 10.1. The fourth-order valence-electron chi connectivity index (χ4n) is 1.83. The average molecular weight is 322 g/mol. The molecule has 0 aliphatic carbocycles. The van der Waals surface area contributed by atoms with E-state index in [4.69, 9.17) is 23.2 Å². The molecule has 1 rings (SSSR count). The highest BCUT2D eigenvalue weighted by Gasteiger charge is 2.13. The van der Waals surface area contributed by atoms with Crippen molar-refractivity contribution < 1.29 is 0 Å². The number of likely N-dealkylation sites (N-methyl/N-ethyl adjacent to an activating group) is 1. The van der Waals surface area contributed by atoms with E-state index < -0.39 is 0 Å². The van der Waals surface area contributed by atoms with Gasteiger partial charge in [-0.1, -0.05) is 11.6 Å². The first-order valence-electron chi connectivity index (χ1n) is 6.33. The van der Waals surface area contributed by atoms with Gasteiger partial charge in [0.1, 0.15) is 5.15 Å². The van der Waals surface area contributed by atoms with E-state index in [1.54, 1.807) is 0 Å². The molecule has 0 aromatic carbocycles. The number of aromatic nitrogens is 2. The molecule has 0 radical (unpaired) electrons. The summed E-state index contributed by atoms with van der Waals surface area (Å²) in [5.41, 5.74) is 1.87. The summed E-state index contributed by atoms with van der Waals surface area (Å²) in [6.45, 7) is 5.12. The van der Waals surface area contributed by atoms with Gasteiger partial charge in [-0.25, -0.2) is 9.97 Å². The summed E-state index contributed by atoms with van der Waals surface area (Å²) in [4.78, 5) is 10.5. The van der Waals surface area contributed by atoms with E-state index in [2.05, 4.69) is 35.1 Å². The third-order valence-corrected chi connectivity index (χ3v) is 4.47. The monoisotopic (exact) mass is 321 g/mol. The Kier molecular flexibility index (Phi) is 7.44. The maximum atomic E-state index is 6.12. The fraction of sp³-hybridized carbons (Fsp3) is 0.692. The van der Waals surface area contributed by atoms with Gasteiger partial charge in [0.05, 0.1) is 0 Å². The molecule has 3 nitrogen and oxygen atoms in total. The Morgan fingerprint density at radius 3 is 2.58 bits per heavy atom. The molecule has 0 amide bonds. The van der Waals surface area contributed by atoms with Crippen LogP contribution in [0.4, 0.5) is 0 Å². The van der Waals surface area contributed by atoms with Crippen LogP contribution in [0.3, 0.4) is 0 Å². The second-order valence-electron chi connectivity index (χ2n) is 4.71. The highest BCUT2D eigenvalue weighted by molar-refractivity contribution is 7.98. The van der Waals surface area contributed by atoms with Crippen LogP contribution in [0.5, 0.6) is 0 Å². The van der Waals surface area contributed by atoms with E-state index in [1.807, 2.05) is 18.7 Å². The van der Waals surface area contributed by atoms with Gasteiger partial charge in [0.15, 0.2) is 0 Å². The summed E-state index contributed by atoms with van der Waals surface area (Å²) in [5.74, 6) is 1.19. The zero-order valence-corrected chi connectivity index (χ0v) is 14.2. The zero-order valence-electron chi connectivity index (χ0n) is 11.9. The average Bonchev–Trinajstić information content (AvgIpc) is 2.34. The molecular weight excluding hydrogens is 301 g/mol. The molecule has 0 aliphatic rings. The minimum absolute atomic E-state index is 0.216. The van der Waals surface area contributed by atoms with Crippen LogP contribution < -0.4 is 0 Å². The summed E-state index contributed by atoms with van der Waals surface area (Å²) < 4.78 is 0. The molecule has 1 aromatic heterocycles. The van der Waals surface area contributed by atoms with Crippen molar-refractivity contribution in [2.24, 2.45) is 0 Å². The molecule has 0 saturated heterocycles. The number of hydrogen-bond acceptors (Lipinski definition) is 4. The van der Waals surface area contributed by atoms with Crippen LogP contribution >= 0.6 is 35.0 Å². The SMILES string of the molecule is CSCCC(C)N(C)CCc1c(C)nc(Cl)nc1Cl. The standard InChI is InChI=1S/C13H21Cl2N3S/c1-9(6-8-19-4)18(3)7-5-11-10(2)16-13(15)17-12(11)14/h9H,5-8H2,1-4H3. The Balaban J connectivity index is 2.57. The smallest absolute Gasteiger partial charge is 0.224 e. The third kappa shape index (κ3) is 5.46. The number of halogens is 2. The molecule has 0 saturated carbocycles. The van der Waals surface area contributed by atoms with Crippen molar-refractivity contribution in [2.75, 3.05) is 25.6 Å². The van der Waals surface area contributed by atoms with Crippen LogP contribution in [0.2, 0.25) is 10.4 Å². The molecule has 1 heterocycles. The van der Waals surface area contributed by atoms with Gasteiger partial charge < -0.3 is 4.90 Å². The van der Waals surface area contributed by atoms with Crippen molar-refractivity contribution in [3.8, 4) is 0 Å². The second kappa shape index (κ2) is 8.30. The van der Waals surface area contributed by atoms with Gasteiger partial charge in [0.25, 0.3) is 0 Å². The molecule has 1 atom stereocenters. The number of hydrogen-bond donors (Lipinski definition) is 0. The van der Waals surface area contributed by atoms with Gasteiger partial charge in [-0.15, -0.1) is 0 Å². The van der Waals surface area contributed by atoms with Gasteiger partial charge in [0, 0.05) is 23.8 Å². The summed E-state index contributed by atoms with van der Waals surface area (Å²) in [7, 11) is 2.14. The molecule has 0 fully saturated rings. The number of aryl methyl sites for hydroxylation is 1. The zero-order chi connectivity index (χ0) is 14.4. The molecule has 0 spiro atoms. The van der Waals surface area contributed by atoms with Crippen LogP contribution in [0.15, 0.2) is 0 Å². The Bertz CT molecular complexity index is 392. The maximum Gasteiger partial charge on any atom is 0.224 e. The molecule has 0 N–H and O–H groups in total. The Morgan fingerprint density at radius 2 is 2.00 bits per heavy atom. The minimum Gasteiger partial charge on any atom is -0.303 e. The lowest BCUT2D eigenvalue weighted by molar-refractivity contribution is 0.256. The highest BCUT2D eigenvalue weighted by Crippen LogP contribution is 2.19. The van der Waals surface area contributed by atoms with Crippen molar-refractivity contribution >= 4 is 35.0 Å². The van der Waals surface area contributed by atoms with Crippen LogP contribution in [-0.4, -0.2) is 46.5 Å². The Morgan fingerprint density at radius 1 is 1.32 bits per heavy atom. The lowest BCUT2D eigenvalue weighted by Crippen LogP contribution is -2.31. The normalized spacial score (nSPS) is 13.0. The van der Waals surface area contributed by atoms with Gasteiger partial charge in [-0.3, -0.25) is 0 Å². The molecule has 1 unspecified atom stereocenters. The van der Waals surface area contributed by atoms with Gasteiger partial charge >= 0.3 is 0 Å². The van der Waals surface area contributed by atoms with E-state index in [0.29, 0.717) is 11.2 Å². The minimum atomic E-state index is 0.216. The fourth-order valence-corrected chi connectivity index (χ4v) is 2.97. The maximum absolute atomic E-state index is 6.12. The van der Waals surface area contributed by atoms with E-state index in [9.17, 15) is 0 Å². The van der Waals surface area contributed by atoms with E-state index in [0.717, 1.165) is 24.2 Å². The van der Waals surface area contributed by atoms with Gasteiger partial charge in [-0.05, 0) is 57.3 Å². The molecule has 1 aromatic rings. The Hall–Kier alpha value is -0.0300. The van der Waals surface area contributed by atoms with Crippen LogP contribution in [0, 0.1) is 6.92 Å². The second-order valence-corrected chi connectivity index (χ2v) is 6.39. The number of rotatable bonds is 7. The molecule has 19 heavy (non-hydrogen) atoms. The summed E-state index contributed by atoms with van der Waals surface area (Å²) in [6, 6.07) is 0.569. The first kappa shape index (κ1) is 17.0. The topological polar surface area (TPSA) is 29.0 Å². The Labute approximate surface area is 130 Å². The molecule has 0 bridgehead atoms. The summed E-state index contributed by atoms with van der Waals surface area (Å²) >= 11 is 13.8. The van der Waals surface area contributed by atoms with Crippen LogP contribution in [-0.2, 0) is 6.42 Å². The van der Waals surface area contributed by atoms with E-state index in [-0.39, 0.29) is 5.28 Å². The van der Waals surface area contributed by atoms with Crippen LogP contribution in [0.1, 0.15) is 24.6 Å². The van der Waals surface area contributed by atoms with E-state index >= 15 is 0 Å².